The van der Waals surface area contributed by atoms with Crippen LogP contribution in [0.1, 0.15) is 23.5 Å². The Morgan fingerprint density at radius 2 is 2.00 bits per heavy atom. The summed E-state index contributed by atoms with van der Waals surface area (Å²) in [5.74, 6) is 2.51. The van der Waals surface area contributed by atoms with Crippen LogP contribution in [-0.2, 0) is 6.42 Å². The first-order valence-electron chi connectivity index (χ1n) is 8.93. The summed E-state index contributed by atoms with van der Waals surface area (Å²) in [7, 11) is 3.57. The van der Waals surface area contributed by atoms with Crippen LogP contribution in [0.5, 0.6) is 5.75 Å². The monoisotopic (exact) mass is 465 g/mol. The number of ether oxygens (including phenoxy) is 1. The Bertz CT molecular complexity index is 705. The number of likely N-dealkylation sites (tertiary alicyclic amines) is 1. The lowest BCUT2D eigenvalue weighted by molar-refractivity contribution is 0.414. The van der Waals surface area contributed by atoms with Gasteiger partial charge in [0.15, 0.2) is 5.96 Å². The van der Waals surface area contributed by atoms with E-state index in [-0.39, 0.29) is 24.0 Å². The van der Waals surface area contributed by atoms with Crippen molar-refractivity contribution in [2.24, 2.45) is 4.99 Å². The zero-order valence-corrected chi connectivity index (χ0v) is 17.9. The van der Waals surface area contributed by atoms with Gasteiger partial charge in [0.25, 0.3) is 0 Å². The topological polar surface area (TPSA) is 36.9 Å². The van der Waals surface area contributed by atoms with Crippen LogP contribution in [-0.4, -0.2) is 44.7 Å². The molecular formula is C21H28IN3O. The molecule has 26 heavy (non-hydrogen) atoms. The maximum absolute atomic E-state index is 5.29. The molecule has 1 aliphatic heterocycles. The molecule has 1 N–H and O–H groups in total. The SMILES string of the molecule is CN=C(NCCc1cccc(OC)c1)N1CCC(c2ccccc2)C1.I. The number of hydrogen-bond acceptors (Lipinski definition) is 2. The molecule has 0 bridgehead atoms. The number of halogens is 1. The highest BCUT2D eigenvalue weighted by atomic mass is 127. The first-order chi connectivity index (χ1) is 12.3. The van der Waals surface area contributed by atoms with E-state index in [4.69, 9.17) is 4.74 Å². The van der Waals surface area contributed by atoms with Crippen molar-refractivity contribution < 1.29 is 4.74 Å². The lowest BCUT2D eigenvalue weighted by Gasteiger charge is -2.22. The predicted octanol–water partition coefficient (Wildman–Crippen LogP) is 3.92. The van der Waals surface area contributed by atoms with Crippen LogP contribution in [0.2, 0.25) is 0 Å². The second-order valence-corrected chi connectivity index (χ2v) is 6.42. The van der Waals surface area contributed by atoms with Crippen LogP contribution >= 0.6 is 24.0 Å². The molecule has 1 aliphatic rings. The normalized spacial score (nSPS) is 16.9. The molecule has 4 nitrogen and oxygen atoms in total. The summed E-state index contributed by atoms with van der Waals surface area (Å²) in [6.07, 6.45) is 2.13. The Labute approximate surface area is 173 Å². The summed E-state index contributed by atoms with van der Waals surface area (Å²) in [6, 6.07) is 19.0. The molecular weight excluding hydrogens is 437 g/mol. The zero-order valence-electron chi connectivity index (χ0n) is 15.5. The number of methoxy groups -OCH3 is 1. The fraction of sp³-hybridized carbons (Fsp3) is 0.381. The molecule has 1 unspecified atom stereocenters. The molecule has 0 amide bonds. The van der Waals surface area contributed by atoms with Crippen molar-refractivity contribution >= 4 is 29.9 Å². The van der Waals surface area contributed by atoms with Gasteiger partial charge in [0.05, 0.1) is 7.11 Å². The second-order valence-electron chi connectivity index (χ2n) is 6.42. The van der Waals surface area contributed by atoms with Gasteiger partial charge in [-0.05, 0) is 36.1 Å². The average Bonchev–Trinajstić information content (AvgIpc) is 3.16. The number of rotatable bonds is 5. The Hall–Kier alpha value is -1.76. The van der Waals surface area contributed by atoms with Gasteiger partial charge in [0.2, 0.25) is 0 Å². The number of nitrogens with one attached hydrogen (secondary N) is 1. The minimum atomic E-state index is 0. The minimum Gasteiger partial charge on any atom is -0.497 e. The van der Waals surface area contributed by atoms with E-state index >= 15 is 0 Å². The molecule has 3 rings (SSSR count). The molecule has 0 aromatic heterocycles. The highest BCUT2D eigenvalue weighted by molar-refractivity contribution is 14.0. The number of benzene rings is 2. The van der Waals surface area contributed by atoms with Crippen LogP contribution in [0, 0.1) is 0 Å². The van der Waals surface area contributed by atoms with Crippen LogP contribution in [0.4, 0.5) is 0 Å². The van der Waals surface area contributed by atoms with E-state index in [1.165, 1.54) is 17.5 Å². The number of guanidine groups is 1. The second kappa shape index (κ2) is 10.4. The Balaban J connectivity index is 0.00000243. The third-order valence-electron chi connectivity index (χ3n) is 4.80. The Kier molecular flexibility index (Phi) is 8.22. The molecule has 0 aliphatic carbocycles. The molecule has 1 atom stereocenters. The van der Waals surface area contributed by atoms with Crippen LogP contribution in [0.25, 0.3) is 0 Å². The van der Waals surface area contributed by atoms with Gasteiger partial charge in [-0.25, -0.2) is 0 Å². The van der Waals surface area contributed by atoms with Gasteiger partial charge in [0, 0.05) is 32.6 Å². The van der Waals surface area contributed by atoms with E-state index in [0.29, 0.717) is 5.92 Å². The molecule has 0 spiro atoms. The first kappa shape index (κ1) is 20.6. The van der Waals surface area contributed by atoms with Gasteiger partial charge in [-0.1, -0.05) is 42.5 Å². The Morgan fingerprint density at radius 1 is 1.19 bits per heavy atom. The van der Waals surface area contributed by atoms with E-state index in [1.807, 2.05) is 19.2 Å². The highest BCUT2D eigenvalue weighted by Gasteiger charge is 2.25. The number of hydrogen-bond donors (Lipinski definition) is 1. The molecule has 5 heteroatoms. The lowest BCUT2D eigenvalue weighted by atomic mass is 9.99. The first-order valence-corrected chi connectivity index (χ1v) is 8.93. The molecule has 1 heterocycles. The maximum atomic E-state index is 5.29. The van der Waals surface area contributed by atoms with Gasteiger partial charge in [-0.15, -0.1) is 24.0 Å². The van der Waals surface area contributed by atoms with Crippen molar-refractivity contribution in [1.29, 1.82) is 0 Å². The minimum absolute atomic E-state index is 0. The molecule has 1 fully saturated rings. The Morgan fingerprint density at radius 3 is 2.73 bits per heavy atom. The lowest BCUT2D eigenvalue weighted by Crippen LogP contribution is -2.40. The third-order valence-corrected chi connectivity index (χ3v) is 4.80. The largest absolute Gasteiger partial charge is 0.497 e. The van der Waals surface area contributed by atoms with Gasteiger partial charge in [-0.3, -0.25) is 4.99 Å². The van der Waals surface area contributed by atoms with Crippen LogP contribution in [0.3, 0.4) is 0 Å². The predicted molar refractivity (Wildman–Crippen MR) is 119 cm³/mol. The molecule has 2 aromatic rings. The summed E-state index contributed by atoms with van der Waals surface area (Å²) >= 11 is 0. The molecule has 1 saturated heterocycles. The van der Waals surface area contributed by atoms with E-state index in [2.05, 4.69) is 57.7 Å². The fourth-order valence-electron chi connectivity index (χ4n) is 3.43. The average molecular weight is 465 g/mol. The zero-order chi connectivity index (χ0) is 17.5. The standard InChI is InChI=1S/C21H27N3O.HI/c1-22-21(23-13-11-17-7-6-10-20(15-17)25-2)24-14-12-19(16-24)18-8-4-3-5-9-18;/h3-10,15,19H,11-14,16H2,1-2H3,(H,22,23);1H. The van der Waals surface area contributed by atoms with E-state index in [9.17, 15) is 0 Å². The molecule has 2 aromatic carbocycles. The number of aliphatic imine (C=N–C) groups is 1. The molecule has 0 saturated carbocycles. The maximum Gasteiger partial charge on any atom is 0.193 e. The van der Waals surface area contributed by atoms with Crippen molar-refractivity contribution in [2.75, 3.05) is 33.8 Å². The fourth-order valence-corrected chi connectivity index (χ4v) is 3.43. The van der Waals surface area contributed by atoms with Crippen molar-refractivity contribution in [2.45, 2.75) is 18.8 Å². The molecule has 140 valence electrons. The van der Waals surface area contributed by atoms with E-state index < -0.39 is 0 Å². The highest BCUT2D eigenvalue weighted by Crippen LogP contribution is 2.26. The van der Waals surface area contributed by atoms with Gasteiger partial charge in [0.1, 0.15) is 5.75 Å². The van der Waals surface area contributed by atoms with Gasteiger partial charge >= 0.3 is 0 Å². The summed E-state index contributed by atoms with van der Waals surface area (Å²) in [6.45, 7) is 2.95. The van der Waals surface area contributed by atoms with Crippen molar-refractivity contribution in [3.05, 3.63) is 65.7 Å². The van der Waals surface area contributed by atoms with Gasteiger partial charge in [-0.2, -0.15) is 0 Å². The summed E-state index contributed by atoms with van der Waals surface area (Å²) < 4.78 is 5.29. The van der Waals surface area contributed by atoms with Crippen molar-refractivity contribution in [3.8, 4) is 5.75 Å². The van der Waals surface area contributed by atoms with E-state index in [0.717, 1.165) is 37.8 Å². The van der Waals surface area contributed by atoms with Gasteiger partial charge < -0.3 is 15.0 Å². The van der Waals surface area contributed by atoms with E-state index in [1.54, 1.807) is 7.11 Å². The quantitative estimate of drug-likeness (QED) is 0.413. The summed E-state index contributed by atoms with van der Waals surface area (Å²) in [5.41, 5.74) is 2.70. The van der Waals surface area contributed by atoms with Crippen LogP contribution < -0.4 is 10.1 Å². The third kappa shape index (κ3) is 5.37. The van der Waals surface area contributed by atoms with Crippen LogP contribution in [0.15, 0.2) is 59.6 Å². The van der Waals surface area contributed by atoms with Crippen molar-refractivity contribution in [3.63, 3.8) is 0 Å². The summed E-state index contributed by atoms with van der Waals surface area (Å²) in [5, 5.41) is 3.50. The summed E-state index contributed by atoms with van der Waals surface area (Å²) in [4.78, 5) is 6.83. The number of nitrogens with zero attached hydrogens (tertiary/aromatic N) is 2. The smallest absolute Gasteiger partial charge is 0.193 e. The van der Waals surface area contributed by atoms with Crippen molar-refractivity contribution in [1.82, 2.24) is 10.2 Å². The molecule has 0 radical (unpaired) electrons.